The van der Waals surface area contributed by atoms with Crippen LogP contribution in [0.1, 0.15) is 41.1 Å². The van der Waals surface area contributed by atoms with Crippen LogP contribution in [0.2, 0.25) is 0 Å². The van der Waals surface area contributed by atoms with E-state index in [-0.39, 0.29) is 17.6 Å². The lowest BCUT2D eigenvalue weighted by atomic mass is 9.89. The van der Waals surface area contributed by atoms with Crippen LogP contribution in [0, 0.1) is 0 Å². The Hall–Kier alpha value is -3.79. The van der Waals surface area contributed by atoms with Crippen molar-refractivity contribution in [1.29, 1.82) is 0 Å². The molecule has 1 aliphatic heterocycles. The van der Waals surface area contributed by atoms with Crippen LogP contribution in [-0.4, -0.2) is 60.4 Å². The second-order valence-corrected chi connectivity index (χ2v) is 9.47. The van der Waals surface area contributed by atoms with E-state index in [0.29, 0.717) is 17.9 Å². The number of hydrogen-bond acceptors (Lipinski definition) is 5. The summed E-state index contributed by atoms with van der Waals surface area (Å²) in [6.45, 7) is 3.18. The van der Waals surface area contributed by atoms with Gasteiger partial charge in [0.25, 0.3) is 5.91 Å². The van der Waals surface area contributed by atoms with Crippen LogP contribution in [-0.2, 0) is 0 Å². The number of hydrogen-bond donors (Lipinski definition) is 2. The summed E-state index contributed by atoms with van der Waals surface area (Å²) in [5.74, 6) is 0.588. The molecule has 0 bridgehead atoms. The van der Waals surface area contributed by atoms with Crippen molar-refractivity contribution in [2.75, 3.05) is 33.3 Å². The van der Waals surface area contributed by atoms with Crippen molar-refractivity contribution in [3.8, 4) is 11.5 Å². The molecule has 5 rings (SSSR count). The van der Waals surface area contributed by atoms with Crippen molar-refractivity contribution in [1.82, 2.24) is 20.2 Å². The Labute approximate surface area is 217 Å². The number of piperidine rings is 1. The van der Waals surface area contributed by atoms with Crippen LogP contribution in [0.25, 0.3) is 21.8 Å². The van der Waals surface area contributed by atoms with Crippen molar-refractivity contribution >= 4 is 27.7 Å². The highest BCUT2D eigenvalue weighted by molar-refractivity contribution is 6.06. The van der Waals surface area contributed by atoms with Crippen LogP contribution < -0.4 is 14.8 Å². The molecule has 2 aromatic carbocycles. The standard InChI is InChI=1S/C28H29F3N4O3/c1-37-19-3-5-25-22(15-19)21(7-11-32-25)27(36)33-10-2-12-35-13-8-18(9-14-35)24-17-34-26-6-4-20(16-23(24)26)38-28(29,30)31/h3-7,11,15-18,34H,2,8-10,12-14H2,1H3,(H,33,36). The molecule has 4 aromatic rings. The molecular formula is C28H29F3N4O3. The highest BCUT2D eigenvalue weighted by atomic mass is 19.4. The summed E-state index contributed by atoms with van der Waals surface area (Å²) < 4.78 is 47.3. The maximum absolute atomic E-state index is 12.8. The monoisotopic (exact) mass is 526 g/mol. The second kappa shape index (κ2) is 10.9. The normalized spacial score (nSPS) is 15.2. The summed E-state index contributed by atoms with van der Waals surface area (Å²) in [7, 11) is 1.59. The predicted octanol–water partition coefficient (Wildman–Crippen LogP) is 5.62. The van der Waals surface area contributed by atoms with Crippen LogP contribution in [0.4, 0.5) is 13.2 Å². The van der Waals surface area contributed by atoms with E-state index in [1.165, 1.54) is 12.1 Å². The molecule has 200 valence electrons. The minimum Gasteiger partial charge on any atom is -0.497 e. The summed E-state index contributed by atoms with van der Waals surface area (Å²) in [4.78, 5) is 22.7. The number of nitrogens with one attached hydrogen (secondary N) is 2. The number of nitrogens with zero attached hydrogens (tertiary/aromatic N) is 2. The first-order valence-electron chi connectivity index (χ1n) is 12.6. The molecule has 38 heavy (non-hydrogen) atoms. The zero-order chi connectivity index (χ0) is 26.7. The second-order valence-electron chi connectivity index (χ2n) is 9.47. The van der Waals surface area contributed by atoms with Gasteiger partial charge in [0.05, 0.1) is 18.2 Å². The Kier molecular flexibility index (Phi) is 7.42. The Morgan fingerprint density at radius 1 is 1.11 bits per heavy atom. The first kappa shape index (κ1) is 25.8. The van der Waals surface area contributed by atoms with E-state index in [0.717, 1.165) is 66.3 Å². The number of amides is 1. The van der Waals surface area contributed by atoms with E-state index in [9.17, 15) is 18.0 Å². The molecular weight excluding hydrogens is 497 g/mol. The summed E-state index contributed by atoms with van der Waals surface area (Å²) in [6, 6.07) is 11.6. The molecule has 10 heteroatoms. The summed E-state index contributed by atoms with van der Waals surface area (Å²) in [5, 5.41) is 4.53. The Morgan fingerprint density at radius 2 is 1.87 bits per heavy atom. The molecule has 1 aliphatic rings. The van der Waals surface area contributed by atoms with Gasteiger partial charge in [-0.2, -0.15) is 0 Å². The Morgan fingerprint density at radius 3 is 2.63 bits per heavy atom. The highest BCUT2D eigenvalue weighted by Gasteiger charge is 2.31. The maximum Gasteiger partial charge on any atom is 0.573 e. The fraction of sp³-hybridized carbons (Fsp3) is 0.357. The quantitative estimate of drug-likeness (QED) is 0.291. The molecule has 0 spiro atoms. The average Bonchev–Trinajstić information content (AvgIpc) is 3.33. The van der Waals surface area contributed by atoms with Gasteiger partial charge in [0.1, 0.15) is 11.5 Å². The van der Waals surface area contributed by atoms with Gasteiger partial charge >= 0.3 is 6.36 Å². The van der Waals surface area contributed by atoms with Crippen LogP contribution in [0.3, 0.4) is 0 Å². The zero-order valence-corrected chi connectivity index (χ0v) is 21.0. The lowest BCUT2D eigenvalue weighted by Crippen LogP contribution is -2.35. The molecule has 0 aliphatic carbocycles. The number of pyridine rings is 1. The molecule has 0 atom stereocenters. The van der Waals surface area contributed by atoms with Gasteiger partial charge in [-0.15, -0.1) is 13.2 Å². The van der Waals surface area contributed by atoms with Gasteiger partial charge in [0.15, 0.2) is 0 Å². The third-order valence-electron chi connectivity index (χ3n) is 7.08. The number of carbonyl (C=O) groups excluding carboxylic acids is 1. The van der Waals surface area contributed by atoms with Gasteiger partial charge in [0, 0.05) is 35.2 Å². The number of alkyl halides is 3. The Balaban J connectivity index is 1.12. The fourth-order valence-corrected chi connectivity index (χ4v) is 5.17. The molecule has 0 unspecified atom stereocenters. The number of fused-ring (bicyclic) bond motifs is 2. The first-order chi connectivity index (χ1) is 18.3. The average molecular weight is 527 g/mol. The number of aromatic nitrogens is 2. The molecule has 2 aromatic heterocycles. The minimum absolute atomic E-state index is 0.141. The highest BCUT2D eigenvalue weighted by Crippen LogP contribution is 2.35. The van der Waals surface area contributed by atoms with Crippen molar-refractivity contribution < 1.29 is 27.4 Å². The van der Waals surface area contributed by atoms with E-state index < -0.39 is 6.36 Å². The summed E-state index contributed by atoms with van der Waals surface area (Å²) in [5.41, 5.74) is 3.13. The van der Waals surface area contributed by atoms with Gasteiger partial charge in [-0.3, -0.25) is 9.78 Å². The third-order valence-corrected chi connectivity index (χ3v) is 7.08. The van der Waals surface area contributed by atoms with Gasteiger partial charge in [-0.05, 0) is 92.8 Å². The maximum atomic E-state index is 12.8. The number of carbonyl (C=O) groups is 1. The van der Waals surface area contributed by atoms with Crippen molar-refractivity contribution in [2.24, 2.45) is 0 Å². The van der Waals surface area contributed by atoms with Crippen LogP contribution in [0.5, 0.6) is 11.5 Å². The molecule has 3 heterocycles. The van der Waals surface area contributed by atoms with Gasteiger partial charge in [0.2, 0.25) is 0 Å². The molecule has 7 nitrogen and oxygen atoms in total. The number of aromatic amines is 1. The number of rotatable bonds is 8. The summed E-state index contributed by atoms with van der Waals surface area (Å²) in [6.07, 6.45) is 1.45. The predicted molar refractivity (Wildman–Crippen MR) is 139 cm³/mol. The number of methoxy groups -OCH3 is 1. The Bertz CT molecular complexity index is 1430. The van der Waals surface area contributed by atoms with E-state index in [1.807, 2.05) is 24.4 Å². The van der Waals surface area contributed by atoms with Crippen molar-refractivity contribution in [3.63, 3.8) is 0 Å². The SMILES string of the molecule is COc1ccc2nccc(C(=O)NCCCN3CCC(c4c[nH]c5ccc(OC(F)(F)F)cc45)CC3)c2c1. The number of H-pyrrole nitrogens is 1. The first-order valence-corrected chi connectivity index (χ1v) is 12.6. The van der Waals surface area contributed by atoms with E-state index in [4.69, 9.17) is 4.74 Å². The van der Waals surface area contributed by atoms with Crippen LogP contribution >= 0.6 is 0 Å². The van der Waals surface area contributed by atoms with E-state index in [1.54, 1.807) is 25.4 Å². The molecule has 1 fully saturated rings. The largest absolute Gasteiger partial charge is 0.573 e. The molecule has 0 radical (unpaired) electrons. The molecule has 1 amide bonds. The number of likely N-dealkylation sites (tertiary alicyclic amines) is 1. The number of ether oxygens (including phenoxy) is 2. The lowest BCUT2D eigenvalue weighted by Gasteiger charge is -2.32. The minimum atomic E-state index is -4.71. The van der Waals surface area contributed by atoms with Gasteiger partial charge < -0.3 is 24.7 Å². The molecule has 2 N–H and O–H groups in total. The summed E-state index contributed by atoms with van der Waals surface area (Å²) >= 11 is 0. The zero-order valence-electron chi connectivity index (χ0n) is 21.0. The number of halogens is 3. The van der Waals surface area contributed by atoms with Crippen LogP contribution in [0.15, 0.2) is 54.9 Å². The third kappa shape index (κ3) is 5.85. The van der Waals surface area contributed by atoms with Crippen molar-refractivity contribution in [2.45, 2.75) is 31.5 Å². The molecule has 1 saturated heterocycles. The smallest absolute Gasteiger partial charge is 0.497 e. The van der Waals surface area contributed by atoms with Crippen molar-refractivity contribution in [3.05, 3.63) is 66.0 Å². The van der Waals surface area contributed by atoms with Gasteiger partial charge in [-0.25, -0.2) is 0 Å². The topological polar surface area (TPSA) is 79.5 Å². The van der Waals surface area contributed by atoms with Gasteiger partial charge in [-0.1, -0.05) is 0 Å². The number of benzene rings is 2. The molecule has 0 saturated carbocycles. The lowest BCUT2D eigenvalue weighted by molar-refractivity contribution is -0.274. The van der Waals surface area contributed by atoms with E-state index in [2.05, 4.69) is 24.9 Å². The fourth-order valence-electron chi connectivity index (χ4n) is 5.17. The van der Waals surface area contributed by atoms with E-state index >= 15 is 0 Å².